The van der Waals surface area contributed by atoms with Crippen LogP contribution in [0.5, 0.6) is 0 Å². The Hall–Kier alpha value is -1.10. The van der Waals surface area contributed by atoms with E-state index in [1.54, 1.807) is 4.90 Å². The van der Waals surface area contributed by atoms with Crippen LogP contribution in [0, 0.1) is 0 Å². The summed E-state index contributed by atoms with van der Waals surface area (Å²) in [5.41, 5.74) is -0.492. The van der Waals surface area contributed by atoms with Crippen molar-refractivity contribution in [1.29, 1.82) is 0 Å². The predicted octanol–water partition coefficient (Wildman–Crippen LogP) is 1.21. The normalized spacial score (nSPS) is 22.4. The molecule has 0 N–H and O–H groups in total. The second-order valence-corrected chi connectivity index (χ2v) is 4.80. The SMILES string of the molecule is CC(C)(C)OC(=O)N1CCOC(C=O)CC1. The molecule has 0 aliphatic carbocycles. The van der Waals surface area contributed by atoms with Crippen LogP contribution in [0.3, 0.4) is 0 Å². The largest absolute Gasteiger partial charge is 0.444 e. The van der Waals surface area contributed by atoms with Crippen LogP contribution in [0.2, 0.25) is 0 Å². The van der Waals surface area contributed by atoms with Crippen molar-refractivity contribution in [2.24, 2.45) is 0 Å². The van der Waals surface area contributed by atoms with Gasteiger partial charge in [0.1, 0.15) is 18.0 Å². The maximum Gasteiger partial charge on any atom is 0.410 e. The average Bonchev–Trinajstić information content (AvgIpc) is 2.39. The average molecular weight is 229 g/mol. The van der Waals surface area contributed by atoms with Crippen LogP contribution in [0.4, 0.5) is 4.79 Å². The standard InChI is InChI=1S/C11H19NO4/c1-11(2,3)16-10(14)12-5-4-9(8-13)15-7-6-12/h8-9H,4-7H2,1-3H3. The molecule has 16 heavy (non-hydrogen) atoms. The number of nitrogens with zero attached hydrogens (tertiary/aromatic N) is 1. The molecule has 1 amide bonds. The molecule has 1 aliphatic heterocycles. The summed E-state index contributed by atoms with van der Waals surface area (Å²) < 4.78 is 10.5. The minimum absolute atomic E-state index is 0.345. The highest BCUT2D eigenvalue weighted by Gasteiger charge is 2.25. The molecule has 92 valence electrons. The number of amides is 1. The van der Waals surface area contributed by atoms with E-state index in [2.05, 4.69) is 0 Å². The highest BCUT2D eigenvalue weighted by atomic mass is 16.6. The number of rotatable bonds is 1. The maximum absolute atomic E-state index is 11.7. The molecule has 1 fully saturated rings. The van der Waals surface area contributed by atoms with Gasteiger partial charge in [0.25, 0.3) is 0 Å². The Bertz CT molecular complexity index is 259. The lowest BCUT2D eigenvalue weighted by Gasteiger charge is -2.25. The van der Waals surface area contributed by atoms with Crippen molar-refractivity contribution in [1.82, 2.24) is 4.90 Å². The molecule has 0 aromatic heterocycles. The van der Waals surface area contributed by atoms with E-state index in [0.29, 0.717) is 26.1 Å². The second kappa shape index (κ2) is 5.30. The van der Waals surface area contributed by atoms with Crippen molar-refractivity contribution in [2.45, 2.75) is 38.9 Å². The Morgan fingerprint density at radius 3 is 2.69 bits per heavy atom. The molecule has 5 nitrogen and oxygen atoms in total. The summed E-state index contributed by atoms with van der Waals surface area (Å²) in [5.74, 6) is 0. The van der Waals surface area contributed by atoms with Gasteiger partial charge in [-0.1, -0.05) is 0 Å². The highest BCUT2D eigenvalue weighted by molar-refractivity contribution is 5.68. The van der Waals surface area contributed by atoms with E-state index in [9.17, 15) is 9.59 Å². The summed E-state index contributed by atoms with van der Waals surface area (Å²) in [7, 11) is 0. The van der Waals surface area contributed by atoms with Gasteiger partial charge in [0.2, 0.25) is 0 Å². The van der Waals surface area contributed by atoms with E-state index >= 15 is 0 Å². The molecular formula is C11H19NO4. The van der Waals surface area contributed by atoms with Crippen LogP contribution in [0.1, 0.15) is 27.2 Å². The van der Waals surface area contributed by atoms with Crippen molar-refractivity contribution in [3.8, 4) is 0 Å². The lowest BCUT2D eigenvalue weighted by molar-refractivity contribution is -0.117. The van der Waals surface area contributed by atoms with Gasteiger partial charge in [-0.3, -0.25) is 0 Å². The van der Waals surface area contributed by atoms with Gasteiger partial charge in [0.05, 0.1) is 6.61 Å². The number of aldehydes is 1. The summed E-state index contributed by atoms with van der Waals surface area (Å²) in [6.45, 7) is 6.83. The van der Waals surface area contributed by atoms with Crippen molar-refractivity contribution in [3.63, 3.8) is 0 Å². The van der Waals surface area contributed by atoms with Gasteiger partial charge < -0.3 is 19.2 Å². The fourth-order valence-corrected chi connectivity index (χ4v) is 1.41. The summed E-state index contributed by atoms with van der Waals surface area (Å²) in [4.78, 5) is 23.9. The van der Waals surface area contributed by atoms with Gasteiger partial charge in [-0.25, -0.2) is 4.79 Å². The zero-order valence-corrected chi connectivity index (χ0v) is 10.1. The topological polar surface area (TPSA) is 55.8 Å². The Labute approximate surface area is 95.7 Å². The van der Waals surface area contributed by atoms with Crippen molar-refractivity contribution in [3.05, 3.63) is 0 Å². The van der Waals surface area contributed by atoms with E-state index in [0.717, 1.165) is 6.29 Å². The highest BCUT2D eigenvalue weighted by Crippen LogP contribution is 2.12. The van der Waals surface area contributed by atoms with Gasteiger partial charge in [0, 0.05) is 13.1 Å². The Balaban J connectivity index is 2.48. The zero-order valence-electron chi connectivity index (χ0n) is 10.1. The molecule has 1 saturated heterocycles. The van der Waals surface area contributed by atoms with E-state index < -0.39 is 11.7 Å². The lowest BCUT2D eigenvalue weighted by Crippen LogP contribution is -2.38. The van der Waals surface area contributed by atoms with Gasteiger partial charge in [-0.05, 0) is 27.2 Å². The summed E-state index contributed by atoms with van der Waals surface area (Å²) in [5, 5.41) is 0. The first-order chi connectivity index (χ1) is 7.42. The smallest absolute Gasteiger partial charge is 0.410 e. The molecular weight excluding hydrogens is 210 g/mol. The number of carbonyl (C=O) groups is 2. The predicted molar refractivity (Wildman–Crippen MR) is 58.2 cm³/mol. The van der Waals surface area contributed by atoms with Crippen LogP contribution >= 0.6 is 0 Å². The fraction of sp³-hybridized carbons (Fsp3) is 0.818. The number of carbonyl (C=O) groups excluding carboxylic acids is 2. The van der Waals surface area contributed by atoms with E-state index in [1.165, 1.54) is 0 Å². The van der Waals surface area contributed by atoms with E-state index in [4.69, 9.17) is 9.47 Å². The van der Waals surface area contributed by atoms with Crippen LogP contribution in [0.15, 0.2) is 0 Å². The van der Waals surface area contributed by atoms with Crippen LogP contribution in [0.25, 0.3) is 0 Å². The Morgan fingerprint density at radius 2 is 2.12 bits per heavy atom. The molecule has 0 bridgehead atoms. The fourth-order valence-electron chi connectivity index (χ4n) is 1.41. The first kappa shape index (κ1) is 13.0. The number of hydrogen-bond donors (Lipinski definition) is 0. The summed E-state index contributed by atoms with van der Waals surface area (Å²) >= 11 is 0. The molecule has 0 saturated carbocycles. The molecule has 0 radical (unpaired) electrons. The van der Waals surface area contributed by atoms with Crippen LogP contribution < -0.4 is 0 Å². The van der Waals surface area contributed by atoms with Crippen molar-refractivity contribution >= 4 is 12.4 Å². The molecule has 0 spiro atoms. The minimum Gasteiger partial charge on any atom is -0.444 e. The Morgan fingerprint density at radius 1 is 1.44 bits per heavy atom. The third kappa shape index (κ3) is 4.18. The third-order valence-corrected chi connectivity index (χ3v) is 2.18. The first-order valence-electron chi connectivity index (χ1n) is 5.47. The van der Waals surface area contributed by atoms with Crippen LogP contribution in [-0.2, 0) is 14.3 Å². The maximum atomic E-state index is 11.7. The molecule has 1 rings (SSSR count). The first-order valence-corrected chi connectivity index (χ1v) is 5.47. The number of hydrogen-bond acceptors (Lipinski definition) is 4. The monoisotopic (exact) mass is 229 g/mol. The number of ether oxygens (including phenoxy) is 2. The summed E-state index contributed by atoms with van der Waals surface area (Å²) in [6, 6.07) is 0. The van der Waals surface area contributed by atoms with E-state index in [1.807, 2.05) is 20.8 Å². The quantitative estimate of drug-likeness (QED) is 0.634. The second-order valence-electron chi connectivity index (χ2n) is 4.80. The summed E-state index contributed by atoms with van der Waals surface area (Å²) in [6.07, 6.45) is 0.566. The zero-order chi connectivity index (χ0) is 12.2. The molecule has 1 atom stereocenters. The van der Waals surface area contributed by atoms with Gasteiger partial charge in [-0.15, -0.1) is 0 Å². The molecule has 5 heteroatoms. The van der Waals surface area contributed by atoms with Gasteiger partial charge in [0.15, 0.2) is 0 Å². The Kier molecular flexibility index (Phi) is 4.29. The van der Waals surface area contributed by atoms with Crippen molar-refractivity contribution < 1.29 is 19.1 Å². The molecule has 0 aromatic rings. The van der Waals surface area contributed by atoms with Gasteiger partial charge in [-0.2, -0.15) is 0 Å². The van der Waals surface area contributed by atoms with Crippen molar-refractivity contribution in [2.75, 3.05) is 19.7 Å². The molecule has 0 aromatic carbocycles. The van der Waals surface area contributed by atoms with Gasteiger partial charge >= 0.3 is 6.09 Å². The molecule has 1 unspecified atom stereocenters. The van der Waals surface area contributed by atoms with E-state index in [-0.39, 0.29) is 6.09 Å². The molecule has 1 aliphatic rings. The molecule has 1 heterocycles. The van der Waals surface area contributed by atoms with Crippen LogP contribution in [-0.4, -0.2) is 48.7 Å². The third-order valence-electron chi connectivity index (χ3n) is 2.18. The lowest BCUT2D eigenvalue weighted by atomic mass is 10.2. The minimum atomic E-state index is -0.492.